The van der Waals surface area contributed by atoms with Crippen LogP contribution in [0.15, 0.2) is 12.2 Å². The van der Waals surface area contributed by atoms with E-state index in [9.17, 15) is 4.79 Å². The Balaban J connectivity index is 3.48. The van der Waals surface area contributed by atoms with E-state index in [4.69, 9.17) is 4.74 Å². The highest BCUT2D eigenvalue weighted by molar-refractivity contribution is 5.82. The Labute approximate surface area is 92.7 Å². The number of allylic oxidation sites excluding steroid dienone is 1. The van der Waals surface area contributed by atoms with Gasteiger partial charge in [0.15, 0.2) is 0 Å². The zero-order valence-electron chi connectivity index (χ0n) is 9.71. The third-order valence-electron chi connectivity index (χ3n) is 1.85. The molecule has 0 fully saturated rings. The van der Waals surface area contributed by atoms with E-state index in [0.717, 1.165) is 12.8 Å². The fourth-order valence-electron chi connectivity index (χ4n) is 1.07. The molecule has 15 heavy (non-hydrogen) atoms. The molecule has 0 atom stereocenters. The van der Waals surface area contributed by atoms with E-state index in [-0.39, 0.29) is 5.97 Å². The molecule has 0 spiro atoms. The molecule has 0 aliphatic rings. The van der Waals surface area contributed by atoms with E-state index in [0.29, 0.717) is 6.61 Å². The average Bonchev–Trinajstić information content (AvgIpc) is 2.22. The van der Waals surface area contributed by atoms with Gasteiger partial charge in [-0.3, -0.25) is 0 Å². The number of unbranched alkanes of at least 4 members (excludes halogenated alkanes) is 4. The van der Waals surface area contributed by atoms with Crippen molar-refractivity contribution >= 4 is 5.97 Å². The van der Waals surface area contributed by atoms with Gasteiger partial charge in [0.1, 0.15) is 0 Å². The molecule has 0 saturated heterocycles. The summed E-state index contributed by atoms with van der Waals surface area (Å²) >= 11 is 0. The lowest BCUT2D eigenvalue weighted by molar-refractivity contribution is -0.137. The van der Waals surface area contributed by atoms with Crippen LogP contribution in [-0.2, 0) is 9.53 Å². The molecule has 2 nitrogen and oxygen atoms in total. The Hall–Kier alpha value is -1.23. The van der Waals surface area contributed by atoms with Crippen molar-refractivity contribution in [1.82, 2.24) is 0 Å². The summed E-state index contributed by atoms with van der Waals surface area (Å²) in [5.41, 5.74) is 0. The summed E-state index contributed by atoms with van der Waals surface area (Å²) in [6, 6.07) is 0. The topological polar surface area (TPSA) is 26.3 Å². The molecule has 0 heterocycles. The van der Waals surface area contributed by atoms with Crippen LogP contribution < -0.4 is 0 Å². The van der Waals surface area contributed by atoms with Gasteiger partial charge in [0.05, 0.1) is 6.61 Å². The van der Waals surface area contributed by atoms with E-state index >= 15 is 0 Å². The van der Waals surface area contributed by atoms with Crippen LogP contribution >= 0.6 is 0 Å². The van der Waals surface area contributed by atoms with Gasteiger partial charge >= 0.3 is 5.97 Å². The number of esters is 1. The van der Waals surface area contributed by atoms with E-state index in [2.05, 4.69) is 18.8 Å². The Morgan fingerprint density at radius 3 is 2.73 bits per heavy atom. The van der Waals surface area contributed by atoms with Crippen molar-refractivity contribution in [2.45, 2.75) is 46.0 Å². The third kappa shape index (κ3) is 10.7. The van der Waals surface area contributed by atoms with Gasteiger partial charge in [0, 0.05) is 12.5 Å². The number of ether oxygens (including phenoxy) is 1. The van der Waals surface area contributed by atoms with Crippen LogP contribution in [0, 0.1) is 11.8 Å². The lowest BCUT2D eigenvalue weighted by Gasteiger charge is -1.92. The van der Waals surface area contributed by atoms with Gasteiger partial charge in [0.25, 0.3) is 0 Å². The first-order chi connectivity index (χ1) is 7.31. The second-order valence-electron chi connectivity index (χ2n) is 3.22. The van der Waals surface area contributed by atoms with Gasteiger partial charge in [-0.05, 0) is 19.4 Å². The summed E-state index contributed by atoms with van der Waals surface area (Å²) in [5, 5.41) is 0. The maximum absolute atomic E-state index is 10.8. The highest BCUT2D eigenvalue weighted by atomic mass is 16.5. The van der Waals surface area contributed by atoms with Crippen molar-refractivity contribution in [3.05, 3.63) is 12.2 Å². The molecule has 0 bridgehead atoms. The minimum atomic E-state index is -0.321. The first-order valence-corrected chi connectivity index (χ1v) is 5.63. The maximum atomic E-state index is 10.8. The summed E-state index contributed by atoms with van der Waals surface area (Å²) in [6.45, 7) is 4.38. The highest BCUT2D eigenvalue weighted by Gasteiger charge is 1.89. The Morgan fingerprint density at radius 2 is 2.07 bits per heavy atom. The van der Waals surface area contributed by atoms with Crippen LogP contribution in [0.1, 0.15) is 46.0 Å². The maximum Gasteiger partial charge on any atom is 0.331 e. The average molecular weight is 208 g/mol. The number of carbonyl (C=O) groups excluding carboxylic acids is 1. The lowest BCUT2D eigenvalue weighted by Crippen LogP contribution is -1.98. The molecule has 0 aliphatic heterocycles. The molecule has 0 aromatic carbocycles. The van der Waals surface area contributed by atoms with Gasteiger partial charge in [-0.2, -0.15) is 0 Å². The van der Waals surface area contributed by atoms with Crippen molar-refractivity contribution in [3.8, 4) is 11.8 Å². The Morgan fingerprint density at radius 1 is 1.27 bits per heavy atom. The van der Waals surface area contributed by atoms with Crippen molar-refractivity contribution < 1.29 is 9.53 Å². The van der Waals surface area contributed by atoms with Crippen molar-refractivity contribution in [1.29, 1.82) is 0 Å². The third-order valence-corrected chi connectivity index (χ3v) is 1.85. The first-order valence-electron chi connectivity index (χ1n) is 5.63. The molecule has 0 amide bonds. The molecule has 0 aromatic rings. The summed E-state index contributed by atoms with van der Waals surface area (Å²) in [7, 11) is 0. The predicted octanol–water partition coefficient (Wildman–Crippen LogP) is 3.08. The smallest absolute Gasteiger partial charge is 0.331 e. The number of carbonyl (C=O) groups is 1. The van der Waals surface area contributed by atoms with E-state index < -0.39 is 0 Å². The molecular weight excluding hydrogens is 188 g/mol. The molecule has 0 N–H and O–H groups in total. The lowest BCUT2D eigenvalue weighted by atomic mass is 10.2. The van der Waals surface area contributed by atoms with Gasteiger partial charge < -0.3 is 4.74 Å². The molecular formula is C13H20O2. The quantitative estimate of drug-likeness (QED) is 0.290. The molecule has 0 rings (SSSR count). The van der Waals surface area contributed by atoms with E-state index in [1.165, 1.54) is 25.3 Å². The van der Waals surface area contributed by atoms with Crippen molar-refractivity contribution in [3.63, 3.8) is 0 Å². The fourth-order valence-corrected chi connectivity index (χ4v) is 1.07. The monoisotopic (exact) mass is 208 g/mol. The highest BCUT2D eigenvalue weighted by Crippen LogP contribution is 2.00. The second kappa shape index (κ2) is 10.8. The molecule has 0 radical (unpaired) electrons. The first kappa shape index (κ1) is 13.8. The summed E-state index contributed by atoms with van der Waals surface area (Å²) in [4.78, 5) is 10.8. The zero-order valence-corrected chi connectivity index (χ0v) is 9.71. The van der Waals surface area contributed by atoms with E-state index in [1.807, 2.05) is 0 Å². The molecule has 84 valence electrons. The standard InChI is InChI=1S/C13H20O2/c1-3-5-6-7-8-9-10-11-12-13(14)15-4-2/h11-12H,3-8H2,1-2H3. The zero-order chi connectivity index (χ0) is 11.4. The van der Waals surface area contributed by atoms with Gasteiger partial charge in [-0.25, -0.2) is 4.79 Å². The molecule has 0 unspecified atom stereocenters. The van der Waals surface area contributed by atoms with Crippen LogP contribution in [0.3, 0.4) is 0 Å². The van der Waals surface area contributed by atoms with Crippen LogP contribution in [0.4, 0.5) is 0 Å². The minimum Gasteiger partial charge on any atom is -0.463 e. The van der Waals surface area contributed by atoms with Crippen molar-refractivity contribution in [2.24, 2.45) is 0 Å². The largest absolute Gasteiger partial charge is 0.463 e. The van der Waals surface area contributed by atoms with Crippen LogP contribution in [0.25, 0.3) is 0 Å². The number of hydrogen-bond donors (Lipinski definition) is 0. The fraction of sp³-hybridized carbons (Fsp3) is 0.615. The SMILES string of the molecule is CCCCCCC#CC=CC(=O)OCC. The van der Waals surface area contributed by atoms with E-state index in [1.54, 1.807) is 13.0 Å². The molecule has 0 aliphatic carbocycles. The van der Waals surface area contributed by atoms with Crippen LogP contribution in [0.5, 0.6) is 0 Å². The number of hydrogen-bond acceptors (Lipinski definition) is 2. The predicted molar refractivity (Wildman–Crippen MR) is 62.3 cm³/mol. The Bertz CT molecular complexity index is 243. The second-order valence-corrected chi connectivity index (χ2v) is 3.22. The summed E-state index contributed by atoms with van der Waals surface area (Å²) in [5.74, 6) is 5.50. The molecule has 2 heteroatoms. The number of rotatable bonds is 6. The summed E-state index contributed by atoms with van der Waals surface area (Å²) in [6.07, 6.45) is 8.74. The van der Waals surface area contributed by atoms with Crippen LogP contribution in [0.2, 0.25) is 0 Å². The van der Waals surface area contributed by atoms with Crippen molar-refractivity contribution in [2.75, 3.05) is 6.61 Å². The molecule has 0 aromatic heterocycles. The Kier molecular flexibility index (Phi) is 9.96. The van der Waals surface area contributed by atoms with Gasteiger partial charge in [-0.1, -0.05) is 38.0 Å². The molecule has 0 saturated carbocycles. The van der Waals surface area contributed by atoms with Gasteiger partial charge in [-0.15, -0.1) is 0 Å². The normalized spacial score (nSPS) is 9.73. The van der Waals surface area contributed by atoms with Gasteiger partial charge in [0.2, 0.25) is 0 Å². The van der Waals surface area contributed by atoms with Crippen LogP contribution in [-0.4, -0.2) is 12.6 Å². The minimum absolute atomic E-state index is 0.321. The summed E-state index contributed by atoms with van der Waals surface area (Å²) < 4.78 is 4.71.